The van der Waals surface area contributed by atoms with Crippen molar-refractivity contribution in [3.63, 3.8) is 0 Å². The van der Waals surface area contributed by atoms with Crippen LogP contribution < -0.4 is 10.1 Å². The van der Waals surface area contributed by atoms with Gasteiger partial charge in [0, 0.05) is 6.20 Å². The van der Waals surface area contributed by atoms with Crippen LogP contribution in [-0.2, 0) is 4.74 Å². The number of nitrogens with zero attached hydrogens (tertiary/aromatic N) is 1. The van der Waals surface area contributed by atoms with Crippen molar-refractivity contribution in [2.75, 3.05) is 25.1 Å². The standard InChI is InChI=1S/C9H10N2O2S/c14-6-1-2-10-8-7(6)13-5-9(11-8)3-12-4-9/h1-2H,3-5H2,(H2,10,11,14). The number of hydrogen-bond donors (Lipinski definition) is 2. The van der Waals surface area contributed by atoms with E-state index in [0.717, 1.165) is 16.5 Å². The molecule has 0 aromatic carbocycles. The first-order chi connectivity index (χ1) is 6.79. The largest absolute Gasteiger partial charge is 0.486 e. The van der Waals surface area contributed by atoms with Gasteiger partial charge in [-0.05, 0) is 6.07 Å². The second-order valence-corrected chi connectivity index (χ2v) is 4.18. The normalized spacial score (nSPS) is 21.8. The zero-order chi connectivity index (χ0) is 9.60. The highest BCUT2D eigenvalue weighted by molar-refractivity contribution is 7.80. The molecule has 1 spiro atoms. The predicted molar refractivity (Wildman–Crippen MR) is 54.2 cm³/mol. The fourth-order valence-corrected chi connectivity index (χ4v) is 1.91. The lowest BCUT2D eigenvalue weighted by atomic mass is 9.97. The van der Waals surface area contributed by atoms with Crippen LogP contribution in [-0.4, -0.2) is 30.3 Å². The summed E-state index contributed by atoms with van der Waals surface area (Å²) in [5.41, 5.74) is -0.0540. The molecule has 1 aromatic heterocycles. The smallest absolute Gasteiger partial charge is 0.174 e. The number of hydrogen-bond acceptors (Lipinski definition) is 5. The summed E-state index contributed by atoms with van der Waals surface area (Å²) < 4.78 is 10.8. The molecule has 0 amide bonds. The van der Waals surface area contributed by atoms with Gasteiger partial charge in [0.05, 0.1) is 18.1 Å². The minimum absolute atomic E-state index is 0.0540. The summed E-state index contributed by atoms with van der Waals surface area (Å²) in [6.45, 7) is 2.00. The van der Waals surface area contributed by atoms with Gasteiger partial charge >= 0.3 is 0 Å². The van der Waals surface area contributed by atoms with E-state index in [4.69, 9.17) is 9.47 Å². The first-order valence-corrected chi connectivity index (χ1v) is 4.91. The van der Waals surface area contributed by atoms with Crippen LogP contribution >= 0.6 is 12.6 Å². The Morgan fingerprint density at radius 1 is 1.43 bits per heavy atom. The van der Waals surface area contributed by atoms with Crippen LogP contribution in [0.5, 0.6) is 5.75 Å². The number of anilines is 1. The fourth-order valence-electron chi connectivity index (χ4n) is 1.67. The van der Waals surface area contributed by atoms with Crippen molar-refractivity contribution in [1.29, 1.82) is 0 Å². The third-order valence-electron chi connectivity index (χ3n) is 2.52. The van der Waals surface area contributed by atoms with Gasteiger partial charge in [0.15, 0.2) is 11.6 Å². The quantitative estimate of drug-likeness (QED) is 0.626. The third-order valence-corrected chi connectivity index (χ3v) is 2.87. The summed E-state index contributed by atoms with van der Waals surface area (Å²) in [5.74, 6) is 1.51. The topological polar surface area (TPSA) is 43.4 Å². The number of nitrogens with one attached hydrogen (secondary N) is 1. The Kier molecular flexibility index (Phi) is 1.66. The molecular formula is C9H10N2O2S. The van der Waals surface area contributed by atoms with E-state index in [-0.39, 0.29) is 5.54 Å². The van der Waals surface area contributed by atoms with E-state index in [1.54, 1.807) is 6.20 Å². The molecule has 4 nitrogen and oxygen atoms in total. The van der Waals surface area contributed by atoms with Crippen LogP contribution in [0.2, 0.25) is 0 Å². The summed E-state index contributed by atoms with van der Waals surface area (Å²) in [5, 5.41) is 3.34. The average molecular weight is 210 g/mol. The highest BCUT2D eigenvalue weighted by Gasteiger charge is 2.43. The molecule has 1 aromatic rings. The Morgan fingerprint density at radius 2 is 2.29 bits per heavy atom. The number of aromatic nitrogens is 1. The molecule has 2 aliphatic rings. The van der Waals surface area contributed by atoms with Crippen molar-refractivity contribution in [3.8, 4) is 5.75 Å². The maximum Gasteiger partial charge on any atom is 0.174 e. The number of fused-ring (bicyclic) bond motifs is 1. The van der Waals surface area contributed by atoms with Crippen LogP contribution in [0.3, 0.4) is 0 Å². The minimum Gasteiger partial charge on any atom is -0.486 e. The van der Waals surface area contributed by atoms with Crippen molar-refractivity contribution < 1.29 is 9.47 Å². The van der Waals surface area contributed by atoms with Gasteiger partial charge in [-0.25, -0.2) is 4.98 Å². The summed E-state index contributed by atoms with van der Waals surface area (Å²) >= 11 is 4.30. The SMILES string of the molecule is Sc1ccnc2c1OCC1(COC1)N2. The van der Waals surface area contributed by atoms with Gasteiger partial charge in [-0.15, -0.1) is 12.6 Å². The first-order valence-electron chi connectivity index (χ1n) is 4.46. The van der Waals surface area contributed by atoms with Gasteiger partial charge in [0.1, 0.15) is 12.1 Å². The highest BCUT2D eigenvalue weighted by atomic mass is 32.1. The molecule has 2 aliphatic heterocycles. The number of ether oxygens (including phenoxy) is 2. The Balaban J connectivity index is 1.98. The lowest BCUT2D eigenvalue weighted by Crippen LogP contribution is -2.61. The van der Waals surface area contributed by atoms with Crippen molar-refractivity contribution in [1.82, 2.24) is 4.98 Å². The monoisotopic (exact) mass is 210 g/mol. The molecule has 74 valence electrons. The number of rotatable bonds is 0. The van der Waals surface area contributed by atoms with Crippen LogP contribution in [0.4, 0.5) is 5.82 Å². The Labute approximate surface area is 87.0 Å². The van der Waals surface area contributed by atoms with Crippen molar-refractivity contribution in [2.45, 2.75) is 10.4 Å². The van der Waals surface area contributed by atoms with Crippen molar-refractivity contribution in [3.05, 3.63) is 12.3 Å². The molecule has 0 saturated carbocycles. The van der Waals surface area contributed by atoms with Gasteiger partial charge in [0.25, 0.3) is 0 Å². The third kappa shape index (κ3) is 1.09. The van der Waals surface area contributed by atoms with Crippen LogP contribution in [0.1, 0.15) is 0 Å². The van der Waals surface area contributed by atoms with E-state index in [1.165, 1.54) is 0 Å². The molecule has 1 N–H and O–H groups in total. The Morgan fingerprint density at radius 3 is 3.00 bits per heavy atom. The molecule has 14 heavy (non-hydrogen) atoms. The highest BCUT2D eigenvalue weighted by Crippen LogP contribution is 2.37. The first kappa shape index (κ1) is 8.38. The second-order valence-electron chi connectivity index (χ2n) is 3.69. The van der Waals surface area contributed by atoms with Gasteiger partial charge in [0.2, 0.25) is 0 Å². The lowest BCUT2D eigenvalue weighted by Gasteiger charge is -2.44. The fraction of sp³-hybridized carbons (Fsp3) is 0.444. The molecule has 3 rings (SSSR count). The molecule has 0 aliphatic carbocycles. The summed E-state index contributed by atoms with van der Waals surface area (Å²) in [7, 11) is 0. The zero-order valence-corrected chi connectivity index (χ0v) is 8.38. The summed E-state index contributed by atoms with van der Waals surface area (Å²) in [4.78, 5) is 5.03. The molecule has 1 saturated heterocycles. The van der Waals surface area contributed by atoms with Gasteiger partial charge in [-0.3, -0.25) is 0 Å². The van der Waals surface area contributed by atoms with Crippen molar-refractivity contribution in [2.24, 2.45) is 0 Å². The number of pyridine rings is 1. The van der Waals surface area contributed by atoms with E-state index >= 15 is 0 Å². The molecule has 0 radical (unpaired) electrons. The van der Waals surface area contributed by atoms with Gasteiger partial charge in [-0.1, -0.05) is 0 Å². The van der Waals surface area contributed by atoms with Gasteiger partial charge < -0.3 is 14.8 Å². The maximum absolute atomic E-state index is 5.63. The van der Waals surface area contributed by atoms with Crippen molar-refractivity contribution >= 4 is 18.4 Å². The molecule has 1 fully saturated rings. The predicted octanol–water partition coefficient (Wildman–Crippen LogP) is 0.944. The minimum atomic E-state index is -0.0540. The average Bonchev–Trinajstić information content (AvgIpc) is 2.15. The van der Waals surface area contributed by atoms with Crippen LogP contribution in [0.25, 0.3) is 0 Å². The molecule has 5 heteroatoms. The molecular weight excluding hydrogens is 200 g/mol. The van der Waals surface area contributed by atoms with E-state index in [1.807, 2.05) is 6.07 Å². The van der Waals surface area contributed by atoms with E-state index in [2.05, 4.69) is 22.9 Å². The summed E-state index contributed by atoms with van der Waals surface area (Å²) in [6.07, 6.45) is 1.72. The van der Waals surface area contributed by atoms with E-state index in [0.29, 0.717) is 19.8 Å². The molecule has 0 unspecified atom stereocenters. The van der Waals surface area contributed by atoms with Crippen LogP contribution in [0.15, 0.2) is 17.2 Å². The maximum atomic E-state index is 5.63. The molecule has 3 heterocycles. The molecule has 0 bridgehead atoms. The summed E-state index contributed by atoms with van der Waals surface area (Å²) in [6, 6.07) is 1.82. The van der Waals surface area contributed by atoms with Gasteiger partial charge in [-0.2, -0.15) is 0 Å². The Bertz CT molecular complexity index is 379. The number of thiol groups is 1. The van der Waals surface area contributed by atoms with E-state index in [9.17, 15) is 0 Å². The van der Waals surface area contributed by atoms with Crippen LogP contribution in [0, 0.1) is 0 Å². The van der Waals surface area contributed by atoms with E-state index < -0.39 is 0 Å². The lowest BCUT2D eigenvalue weighted by molar-refractivity contribution is -0.0652. The zero-order valence-electron chi connectivity index (χ0n) is 7.49. The molecule has 0 atom stereocenters. The second kappa shape index (κ2) is 2.77. The Hall–Kier alpha value is -0.940.